The highest BCUT2D eigenvalue weighted by Gasteiger charge is 2.18. The summed E-state index contributed by atoms with van der Waals surface area (Å²) in [4.78, 5) is 20.2. The largest absolute Gasteiger partial charge is 0.417 e. The van der Waals surface area contributed by atoms with Crippen LogP contribution >= 0.6 is 0 Å². The first kappa shape index (κ1) is 5.08. The lowest BCUT2D eigenvalue weighted by Crippen LogP contribution is -2.19. The molecule has 0 unspecified atom stereocenters. The summed E-state index contributed by atoms with van der Waals surface area (Å²) in [5.74, 6) is -1.14. The van der Waals surface area contributed by atoms with Crippen LogP contribution in [0.15, 0.2) is 0 Å². The Labute approximate surface area is 45.4 Å². The van der Waals surface area contributed by atoms with Crippen molar-refractivity contribution in [3.63, 3.8) is 0 Å². The molecule has 0 aromatic carbocycles. The third-order valence-electron chi connectivity index (χ3n) is 0.648. The molecule has 1 saturated heterocycles. The van der Waals surface area contributed by atoms with Gasteiger partial charge < -0.3 is 9.47 Å². The van der Waals surface area contributed by atoms with E-state index in [0.29, 0.717) is 0 Å². The highest BCUT2D eigenvalue weighted by atomic mass is 16.7. The van der Waals surface area contributed by atoms with E-state index in [0.717, 1.165) is 6.79 Å². The molecule has 0 N–H and O–H groups in total. The van der Waals surface area contributed by atoms with Gasteiger partial charge in [-0.25, -0.2) is 0 Å². The first-order valence-corrected chi connectivity index (χ1v) is 2.00. The highest BCUT2D eigenvalue weighted by molar-refractivity contribution is 5.92. The fourth-order valence-electron chi connectivity index (χ4n) is 0.333. The van der Waals surface area contributed by atoms with Gasteiger partial charge in [0.15, 0.2) is 0 Å². The molecule has 4 heteroatoms. The number of hydrogen-bond acceptors (Lipinski definition) is 4. The fraction of sp³-hybridized carbons (Fsp3) is 0.250. The first-order valence-electron chi connectivity index (χ1n) is 2.00. The molecule has 0 atom stereocenters. The van der Waals surface area contributed by atoms with E-state index in [-0.39, 0.29) is 6.42 Å². The van der Waals surface area contributed by atoms with Crippen molar-refractivity contribution < 1.29 is 19.1 Å². The molecular weight excluding hydrogens is 112 g/mol. The molecular formula is C4H3O4. The molecule has 0 bridgehead atoms. The zero-order chi connectivity index (χ0) is 5.98. The van der Waals surface area contributed by atoms with E-state index >= 15 is 0 Å². The normalized spacial score (nSPS) is 19.5. The van der Waals surface area contributed by atoms with Crippen LogP contribution in [0.3, 0.4) is 0 Å². The molecule has 1 fully saturated rings. The van der Waals surface area contributed by atoms with Gasteiger partial charge in [-0.1, -0.05) is 0 Å². The quantitative estimate of drug-likeness (QED) is 0.318. The van der Waals surface area contributed by atoms with Gasteiger partial charge >= 0.3 is 18.7 Å². The molecule has 1 aliphatic rings. The van der Waals surface area contributed by atoms with E-state index in [9.17, 15) is 9.59 Å². The van der Waals surface area contributed by atoms with Crippen molar-refractivity contribution in [3.05, 3.63) is 6.79 Å². The van der Waals surface area contributed by atoms with Gasteiger partial charge in [0.2, 0.25) is 0 Å². The van der Waals surface area contributed by atoms with Crippen molar-refractivity contribution in [1.29, 1.82) is 0 Å². The van der Waals surface area contributed by atoms with Crippen LogP contribution < -0.4 is 0 Å². The summed E-state index contributed by atoms with van der Waals surface area (Å²) in [5, 5.41) is 0. The maximum absolute atomic E-state index is 10.1. The van der Waals surface area contributed by atoms with Crippen LogP contribution in [0, 0.1) is 6.79 Å². The molecule has 1 heterocycles. The second-order valence-corrected chi connectivity index (χ2v) is 1.25. The number of cyclic esters (lactones) is 2. The topological polar surface area (TPSA) is 52.6 Å². The summed E-state index contributed by atoms with van der Waals surface area (Å²) in [6.07, 6.45) is -0.281. The second kappa shape index (κ2) is 1.81. The molecule has 1 radical (unpaired) electrons. The second-order valence-electron chi connectivity index (χ2n) is 1.25. The summed E-state index contributed by atoms with van der Waals surface area (Å²) >= 11 is 0. The molecule has 0 aromatic heterocycles. The fourth-order valence-corrected chi connectivity index (χ4v) is 0.333. The molecule has 0 aliphatic carbocycles. The van der Waals surface area contributed by atoms with Gasteiger partial charge in [-0.2, -0.15) is 0 Å². The van der Waals surface area contributed by atoms with Gasteiger partial charge in [0.25, 0.3) is 0 Å². The monoisotopic (exact) mass is 115 g/mol. The molecule has 8 heavy (non-hydrogen) atoms. The lowest BCUT2D eigenvalue weighted by molar-refractivity contribution is -0.169. The van der Waals surface area contributed by atoms with E-state index in [1.54, 1.807) is 0 Å². The van der Waals surface area contributed by atoms with Crippen LogP contribution in [0.2, 0.25) is 0 Å². The number of ether oxygens (including phenoxy) is 2. The minimum absolute atomic E-state index is 0.281. The number of carbonyl (C=O) groups excluding carboxylic acids is 2. The van der Waals surface area contributed by atoms with E-state index < -0.39 is 11.9 Å². The van der Waals surface area contributed by atoms with Crippen LogP contribution in [0.1, 0.15) is 6.42 Å². The Balaban J connectivity index is 2.45. The number of rotatable bonds is 0. The van der Waals surface area contributed by atoms with Crippen LogP contribution in [0.25, 0.3) is 0 Å². The standard InChI is InChI=1S/C4H3O4/c5-3-1-4(6)8-2-7-3/h2H,1H2. The van der Waals surface area contributed by atoms with Gasteiger partial charge in [-0.3, -0.25) is 9.59 Å². The maximum Gasteiger partial charge on any atom is 0.320 e. The molecule has 0 amide bonds. The Bertz CT molecular complexity index is 114. The van der Waals surface area contributed by atoms with Crippen molar-refractivity contribution in [3.8, 4) is 0 Å². The average molecular weight is 115 g/mol. The first-order chi connectivity index (χ1) is 3.79. The van der Waals surface area contributed by atoms with Crippen LogP contribution in [-0.4, -0.2) is 11.9 Å². The Morgan fingerprint density at radius 2 is 1.75 bits per heavy atom. The Kier molecular flexibility index (Phi) is 1.15. The minimum Gasteiger partial charge on any atom is -0.417 e. The summed E-state index contributed by atoms with van der Waals surface area (Å²) in [7, 11) is 0. The van der Waals surface area contributed by atoms with Crippen molar-refractivity contribution in [2.75, 3.05) is 0 Å². The Hall–Kier alpha value is -1.06. The summed E-state index contributed by atoms with van der Waals surface area (Å²) in [5.41, 5.74) is 0. The number of esters is 2. The highest BCUT2D eigenvalue weighted by Crippen LogP contribution is 2.01. The lowest BCUT2D eigenvalue weighted by Gasteiger charge is -2.07. The van der Waals surface area contributed by atoms with Crippen LogP contribution in [-0.2, 0) is 19.1 Å². The molecule has 0 aromatic rings. The van der Waals surface area contributed by atoms with Crippen LogP contribution in [0.5, 0.6) is 0 Å². The van der Waals surface area contributed by atoms with E-state index in [1.807, 2.05) is 0 Å². The molecule has 0 spiro atoms. The summed E-state index contributed by atoms with van der Waals surface area (Å²) < 4.78 is 8.28. The smallest absolute Gasteiger partial charge is 0.320 e. The van der Waals surface area contributed by atoms with Crippen molar-refractivity contribution in [2.45, 2.75) is 6.42 Å². The summed E-state index contributed by atoms with van der Waals surface area (Å²) in [6, 6.07) is 0. The van der Waals surface area contributed by atoms with Gasteiger partial charge in [0, 0.05) is 0 Å². The Morgan fingerprint density at radius 3 is 2.00 bits per heavy atom. The molecule has 1 aliphatic heterocycles. The predicted octanol–water partition coefficient (Wildman–Crippen LogP) is -0.404. The van der Waals surface area contributed by atoms with Crippen LogP contribution in [0.4, 0.5) is 0 Å². The van der Waals surface area contributed by atoms with Gasteiger partial charge in [0.05, 0.1) is 0 Å². The molecule has 43 valence electrons. The maximum atomic E-state index is 10.1. The molecule has 0 saturated carbocycles. The van der Waals surface area contributed by atoms with Crippen molar-refractivity contribution in [1.82, 2.24) is 0 Å². The van der Waals surface area contributed by atoms with E-state index in [2.05, 4.69) is 9.47 Å². The zero-order valence-corrected chi connectivity index (χ0v) is 3.92. The zero-order valence-electron chi connectivity index (χ0n) is 3.92. The number of carbonyl (C=O) groups is 2. The minimum atomic E-state index is -0.568. The number of hydrogen-bond donors (Lipinski definition) is 0. The Morgan fingerprint density at radius 1 is 1.25 bits per heavy atom. The molecule has 1 rings (SSSR count). The predicted molar refractivity (Wildman–Crippen MR) is 21.1 cm³/mol. The summed E-state index contributed by atoms with van der Waals surface area (Å²) in [6.45, 7) is 0.730. The van der Waals surface area contributed by atoms with Crippen molar-refractivity contribution >= 4 is 11.9 Å². The van der Waals surface area contributed by atoms with Gasteiger partial charge in [0.1, 0.15) is 6.42 Å². The average Bonchev–Trinajstić information content (AvgIpc) is 1.64. The van der Waals surface area contributed by atoms with Crippen molar-refractivity contribution in [2.24, 2.45) is 0 Å². The third-order valence-corrected chi connectivity index (χ3v) is 0.648. The van der Waals surface area contributed by atoms with Gasteiger partial charge in [-0.05, 0) is 0 Å². The van der Waals surface area contributed by atoms with Gasteiger partial charge in [-0.15, -0.1) is 0 Å². The van der Waals surface area contributed by atoms with E-state index in [4.69, 9.17) is 0 Å². The third kappa shape index (κ3) is 0.959. The SMILES string of the molecule is O=C1CC(=O)O[CH]O1. The van der Waals surface area contributed by atoms with E-state index in [1.165, 1.54) is 0 Å². The molecule has 4 nitrogen and oxygen atoms in total. The lowest BCUT2D eigenvalue weighted by atomic mass is 10.4.